The van der Waals surface area contributed by atoms with E-state index in [1.165, 1.54) is 0 Å². The fourth-order valence-electron chi connectivity index (χ4n) is 1.84. The van der Waals surface area contributed by atoms with E-state index in [0.29, 0.717) is 13.0 Å². The zero-order valence-corrected chi connectivity index (χ0v) is 15.0. The molecule has 0 aromatic carbocycles. The van der Waals surface area contributed by atoms with Crippen LogP contribution < -0.4 is 5.32 Å². The van der Waals surface area contributed by atoms with Crippen LogP contribution in [-0.2, 0) is 19.1 Å². The smallest absolute Gasteiger partial charge is 0.414 e. The number of nitrogens with zero attached hydrogens (tertiary/aromatic N) is 3. The Morgan fingerprint density at radius 3 is 2.76 bits per heavy atom. The van der Waals surface area contributed by atoms with E-state index in [4.69, 9.17) is 14.3 Å². The molecule has 2 heterocycles. The van der Waals surface area contributed by atoms with Crippen LogP contribution in [0.3, 0.4) is 0 Å². The van der Waals surface area contributed by atoms with Crippen molar-refractivity contribution in [2.24, 2.45) is 5.16 Å². The molecule has 1 saturated heterocycles. The molecule has 1 fully saturated rings. The van der Waals surface area contributed by atoms with E-state index < -0.39 is 29.7 Å². The highest BCUT2D eigenvalue weighted by atomic mass is 32.1. The first-order chi connectivity index (χ1) is 11.7. The zero-order valence-electron chi connectivity index (χ0n) is 14.1. The Morgan fingerprint density at radius 1 is 1.40 bits per heavy atom. The minimum atomic E-state index is -1.35. The lowest BCUT2D eigenvalue weighted by Crippen LogP contribution is -2.27. The summed E-state index contributed by atoms with van der Waals surface area (Å²) in [6.07, 6.45) is 1.19. The van der Waals surface area contributed by atoms with Crippen LogP contribution in [0, 0.1) is 0 Å². The highest BCUT2D eigenvalue weighted by molar-refractivity contribution is 7.10. The number of carboxylic acid groups (broad SMARTS) is 1. The molecule has 0 radical (unpaired) electrons. The Kier molecular flexibility index (Phi) is 6.26. The number of oxime groups is 1. The van der Waals surface area contributed by atoms with E-state index in [2.05, 4.69) is 19.8 Å². The summed E-state index contributed by atoms with van der Waals surface area (Å²) in [5.74, 6) is -1.52. The molecule has 1 aromatic rings. The number of hydrogen-bond donors (Lipinski definition) is 2. The molecule has 2 rings (SSSR count). The molecular weight excluding hydrogens is 352 g/mol. The maximum Gasteiger partial charge on any atom is 0.414 e. The molecule has 25 heavy (non-hydrogen) atoms. The van der Waals surface area contributed by atoms with Gasteiger partial charge in [-0.3, -0.25) is 5.32 Å². The second-order valence-corrected chi connectivity index (χ2v) is 6.95. The molecule has 1 aliphatic rings. The van der Waals surface area contributed by atoms with Crippen molar-refractivity contribution in [2.45, 2.75) is 51.9 Å². The van der Waals surface area contributed by atoms with Gasteiger partial charge in [0.05, 0.1) is 6.61 Å². The maximum atomic E-state index is 11.7. The average Bonchev–Trinajstić information content (AvgIpc) is 2.94. The van der Waals surface area contributed by atoms with Crippen molar-refractivity contribution in [3.63, 3.8) is 0 Å². The Morgan fingerprint density at radius 2 is 2.16 bits per heavy atom. The number of ether oxygens (including phenoxy) is 2. The van der Waals surface area contributed by atoms with Crippen LogP contribution in [0.2, 0.25) is 0 Å². The number of carbonyl (C=O) groups excluding carboxylic acids is 1. The molecule has 0 spiro atoms. The van der Waals surface area contributed by atoms with Gasteiger partial charge in [0.1, 0.15) is 5.60 Å². The number of carbonyl (C=O) groups is 2. The molecule has 0 aliphatic carbocycles. The van der Waals surface area contributed by atoms with Crippen LogP contribution in [-0.4, -0.2) is 50.7 Å². The Bertz CT molecular complexity index is 648. The number of hydrogen-bond acceptors (Lipinski definition) is 9. The molecule has 2 N–H and O–H groups in total. The number of amides is 1. The molecular formula is C14H20N4O6S. The van der Waals surface area contributed by atoms with Crippen molar-refractivity contribution in [3.8, 4) is 0 Å². The van der Waals surface area contributed by atoms with Gasteiger partial charge < -0.3 is 19.4 Å². The third kappa shape index (κ3) is 6.27. The second-order valence-electron chi connectivity index (χ2n) is 6.20. The minimum Gasteiger partial charge on any atom is -0.476 e. The number of aliphatic carboxylic acids is 1. The standard InChI is InChI=1S/C14H20N4O6S/c1-14(2,3)23-13(21)16-12-15-10(18-25-12)9(11(19)20)17-24-8-6-4-5-7-22-8/h8H,4-7H2,1-3H3,(H,19,20)(H,15,16,18,21). The largest absolute Gasteiger partial charge is 0.476 e. The lowest BCUT2D eigenvalue weighted by molar-refractivity contribution is -0.162. The molecule has 11 heteroatoms. The van der Waals surface area contributed by atoms with Crippen LogP contribution in [0.25, 0.3) is 0 Å². The van der Waals surface area contributed by atoms with Crippen LogP contribution >= 0.6 is 11.5 Å². The van der Waals surface area contributed by atoms with E-state index in [9.17, 15) is 14.7 Å². The summed E-state index contributed by atoms with van der Waals surface area (Å²) in [6.45, 7) is 5.70. The fourth-order valence-corrected chi connectivity index (χ4v) is 2.40. The van der Waals surface area contributed by atoms with Crippen molar-refractivity contribution in [1.82, 2.24) is 9.36 Å². The van der Waals surface area contributed by atoms with Crippen LogP contribution in [0.15, 0.2) is 5.16 Å². The third-order valence-electron chi connectivity index (χ3n) is 2.85. The van der Waals surface area contributed by atoms with Gasteiger partial charge in [-0.15, -0.1) is 0 Å². The summed E-state index contributed by atoms with van der Waals surface area (Å²) in [6, 6.07) is 0. The van der Waals surface area contributed by atoms with Gasteiger partial charge in [0.25, 0.3) is 0 Å². The zero-order chi connectivity index (χ0) is 18.4. The summed E-state index contributed by atoms with van der Waals surface area (Å²) in [5, 5.41) is 15.3. The van der Waals surface area contributed by atoms with Gasteiger partial charge in [-0.1, -0.05) is 5.16 Å². The molecule has 10 nitrogen and oxygen atoms in total. The summed E-state index contributed by atoms with van der Waals surface area (Å²) in [5.41, 5.74) is -1.14. The lowest BCUT2D eigenvalue weighted by Gasteiger charge is -2.20. The predicted molar refractivity (Wildman–Crippen MR) is 88.6 cm³/mol. The van der Waals surface area contributed by atoms with Crippen molar-refractivity contribution < 1.29 is 29.0 Å². The molecule has 0 bridgehead atoms. The van der Waals surface area contributed by atoms with E-state index in [0.717, 1.165) is 24.4 Å². The van der Waals surface area contributed by atoms with Crippen molar-refractivity contribution in [2.75, 3.05) is 11.9 Å². The monoisotopic (exact) mass is 372 g/mol. The molecule has 0 saturated carbocycles. The van der Waals surface area contributed by atoms with Crippen LogP contribution in [0.1, 0.15) is 45.9 Å². The first-order valence-corrected chi connectivity index (χ1v) is 8.45. The maximum absolute atomic E-state index is 11.7. The number of aromatic nitrogens is 2. The average molecular weight is 372 g/mol. The summed E-state index contributed by atoms with van der Waals surface area (Å²) < 4.78 is 14.3. The molecule has 1 atom stereocenters. The van der Waals surface area contributed by atoms with E-state index in [1.807, 2.05) is 0 Å². The van der Waals surface area contributed by atoms with Gasteiger partial charge in [0.15, 0.2) is 0 Å². The van der Waals surface area contributed by atoms with Gasteiger partial charge in [0.2, 0.25) is 23.0 Å². The minimum absolute atomic E-state index is 0.0899. The topological polar surface area (TPSA) is 132 Å². The van der Waals surface area contributed by atoms with Crippen molar-refractivity contribution >= 4 is 34.4 Å². The first kappa shape index (κ1) is 19.1. The Labute approximate surface area is 148 Å². The summed E-state index contributed by atoms with van der Waals surface area (Å²) >= 11 is 0.807. The highest BCUT2D eigenvalue weighted by Crippen LogP contribution is 2.17. The molecule has 1 amide bonds. The van der Waals surface area contributed by atoms with Gasteiger partial charge in [0, 0.05) is 18.0 Å². The molecule has 1 unspecified atom stereocenters. The molecule has 1 aliphatic heterocycles. The fraction of sp³-hybridized carbons (Fsp3) is 0.643. The quantitative estimate of drug-likeness (QED) is 0.594. The SMILES string of the molecule is CC(C)(C)OC(=O)Nc1nc(C(=NOC2CCCCO2)C(=O)O)ns1. The van der Waals surface area contributed by atoms with E-state index >= 15 is 0 Å². The Balaban J connectivity index is 2.03. The third-order valence-corrected chi connectivity index (χ3v) is 3.48. The van der Waals surface area contributed by atoms with Gasteiger partial charge >= 0.3 is 12.1 Å². The van der Waals surface area contributed by atoms with Gasteiger partial charge in [-0.25, -0.2) is 9.59 Å². The Hall–Kier alpha value is -2.27. The molecule has 138 valence electrons. The second kappa shape index (κ2) is 8.21. The lowest BCUT2D eigenvalue weighted by atomic mass is 10.2. The van der Waals surface area contributed by atoms with Crippen molar-refractivity contribution in [3.05, 3.63) is 5.82 Å². The predicted octanol–water partition coefficient (Wildman–Crippen LogP) is 2.22. The number of anilines is 1. The van der Waals surface area contributed by atoms with Crippen LogP contribution in [0.4, 0.5) is 9.93 Å². The number of rotatable bonds is 5. The highest BCUT2D eigenvalue weighted by Gasteiger charge is 2.23. The normalized spacial score (nSPS) is 18.5. The van der Waals surface area contributed by atoms with Crippen molar-refractivity contribution in [1.29, 1.82) is 0 Å². The van der Waals surface area contributed by atoms with Gasteiger partial charge in [-0.05, 0) is 33.6 Å². The van der Waals surface area contributed by atoms with E-state index in [-0.39, 0.29) is 11.0 Å². The van der Waals surface area contributed by atoms with Gasteiger partial charge in [-0.2, -0.15) is 9.36 Å². The first-order valence-electron chi connectivity index (χ1n) is 7.67. The van der Waals surface area contributed by atoms with Crippen LogP contribution in [0.5, 0.6) is 0 Å². The van der Waals surface area contributed by atoms with E-state index in [1.54, 1.807) is 20.8 Å². The number of nitrogens with one attached hydrogen (secondary N) is 1. The number of carboxylic acids is 1. The summed E-state index contributed by atoms with van der Waals surface area (Å²) in [7, 11) is 0. The molecule has 1 aromatic heterocycles. The summed E-state index contributed by atoms with van der Waals surface area (Å²) in [4.78, 5) is 32.1.